The highest BCUT2D eigenvalue weighted by molar-refractivity contribution is 7.99. The van der Waals surface area contributed by atoms with Crippen LogP contribution < -0.4 is 0 Å². The normalized spacial score (nSPS) is 19.9. The van der Waals surface area contributed by atoms with Crippen molar-refractivity contribution in [1.29, 1.82) is 0 Å². The molecule has 0 spiro atoms. The number of amides is 1. The number of carbonyl (C=O) groups excluding carboxylic acids is 1. The second-order valence-electron chi connectivity index (χ2n) is 6.28. The average molecular weight is 423 g/mol. The standard InChI is InChI=1S/C18H18N2O4S3/c21-17(12-26-18-19-13-4-1-2-5-14(13)24-18)20-8-7-16(15-6-3-10-25-15)27(22,23)11-9-20/h1-6,10,16H,7-9,11-12H2. The van der Waals surface area contributed by atoms with Crippen LogP contribution in [-0.4, -0.2) is 48.8 Å². The number of fused-ring (bicyclic) bond motifs is 1. The second-order valence-corrected chi connectivity index (χ2v) is 10.5. The van der Waals surface area contributed by atoms with Crippen LogP contribution in [0, 0.1) is 0 Å². The number of hydrogen-bond donors (Lipinski definition) is 0. The minimum absolute atomic E-state index is 0.00510. The van der Waals surface area contributed by atoms with E-state index >= 15 is 0 Å². The van der Waals surface area contributed by atoms with Crippen molar-refractivity contribution in [3.63, 3.8) is 0 Å². The second kappa shape index (κ2) is 7.65. The van der Waals surface area contributed by atoms with Crippen LogP contribution in [0.25, 0.3) is 11.1 Å². The summed E-state index contributed by atoms with van der Waals surface area (Å²) in [4.78, 5) is 19.4. The van der Waals surface area contributed by atoms with E-state index in [0.29, 0.717) is 23.8 Å². The van der Waals surface area contributed by atoms with Crippen molar-refractivity contribution in [2.45, 2.75) is 16.9 Å². The van der Waals surface area contributed by atoms with Crippen LogP contribution in [0.15, 0.2) is 51.4 Å². The lowest BCUT2D eigenvalue weighted by Crippen LogP contribution is -2.34. The van der Waals surface area contributed by atoms with Gasteiger partial charge in [0, 0.05) is 18.0 Å². The van der Waals surface area contributed by atoms with Crippen LogP contribution in [0.2, 0.25) is 0 Å². The van der Waals surface area contributed by atoms with E-state index in [-0.39, 0.29) is 24.0 Å². The number of thiophene rings is 1. The van der Waals surface area contributed by atoms with Crippen molar-refractivity contribution in [3.8, 4) is 0 Å². The molecule has 0 saturated carbocycles. The zero-order chi connectivity index (χ0) is 18.9. The third-order valence-electron chi connectivity index (χ3n) is 4.55. The van der Waals surface area contributed by atoms with Gasteiger partial charge in [-0.05, 0) is 30.0 Å². The molecule has 3 aromatic rings. The summed E-state index contributed by atoms with van der Waals surface area (Å²) in [5.74, 6) is 0.0788. The first kappa shape index (κ1) is 18.5. The molecule has 4 rings (SSSR count). The van der Waals surface area contributed by atoms with Gasteiger partial charge in [0.05, 0.1) is 16.8 Å². The number of para-hydroxylation sites is 2. The molecular weight excluding hydrogens is 404 g/mol. The van der Waals surface area contributed by atoms with E-state index in [4.69, 9.17) is 4.42 Å². The summed E-state index contributed by atoms with van der Waals surface area (Å²) < 4.78 is 30.8. The molecule has 1 aliphatic rings. The van der Waals surface area contributed by atoms with Gasteiger partial charge in [-0.25, -0.2) is 13.4 Å². The molecule has 1 atom stereocenters. The zero-order valence-electron chi connectivity index (χ0n) is 14.4. The molecule has 6 nitrogen and oxygen atoms in total. The number of rotatable bonds is 4. The van der Waals surface area contributed by atoms with Crippen molar-refractivity contribution in [2.24, 2.45) is 0 Å². The fourth-order valence-electron chi connectivity index (χ4n) is 3.11. The Labute approximate surface area is 165 Å². The summed E-state index contributed by atoms with van der Waals surface area (Å²) in [7, 11) is -3.25. The number of oxazole rings is 1. The molecule has 3 heterocycles. The number of aromatic nitrogens is 1. The quantitative estimate of drug-likeness (QED) is 0.600. The fraction of sp³-hybridized carbons (Fsp3) is 0.333. The van der Waals surface area contributed by atoms with Crippen LogP contribution in [0.4, 0.5) is 0 Å². The lowest BCUT2D eigenvalue weighted by atomic mass is 10.2. The Morgan fingerprint density at radius 1 is 1.26 bits per heavy atom. The van der Waals surface area contributed by atoms with Crippen LogP contribution >= 0.6 is 23.1 Å². The van der Waals surface area contributed by atoms with Crippen molar-refractivity contribution >= 4 is 49.9 Å². The third kappa shape index (κ3) is 4.04. The zero-order valence-corrected chi connectivity index (χ0v) is 16.9. The molecule has 142 valence electrons. The molecule has 0 radical (unpaired) electrons. The molecule has 1 amide bonds. The monoisotopic (exact) mass is 422 g/mol. The Morgan fingerprint density at radius 2 is 2.11 bits per heavy atom. The van der Waals surface area contributed by atoms with Gasteiger partial charge in [0.1, 0.15) is 5.52 Å². The van der Waals surface area contributed by atoms with Gasteiger partial charge in [-0.15, -0.1) is 11.3 Å². The van der Waals surface area contributed by atoms with Crippen molar-refractivity contribution < 1.29 is 17.6 Å². The van der Waals surface area contributed by atoms with Gasteiger partial charge >= 0.3 is 0 Å². The Kier molecular flexibility index (Phi) is 5.25. The molecule has 1 unspecified atom stereocenters. The lowest BCUT2D eigenvalue weighted by molar-refractivity contribution is -0.128. The highest BCUT2D eigenvalue weighted by atomic mass is 32.2. The number of hydrogen-bond acceptors (Lipinski definition) is 7. The Balaban J connectivity index is 1.40. The number of thioether (sulfide) groups is 1. The van der Waals surface area contributed by atoms with Crippen LogP contribution in [0.3, 0.4) is 0 Å². The van der Waals surface area contributed by atoms with Crippen LogP contribution in [0.5, 0.6) is 0 Å². The summed E-state index contributed by atoms with van der Waals surface area (Å²) in [6, 6.07) is 11.2. The first-order valence-electron chi connectivity index (χ1n) is 8.54. The molecule has 0 N–H and O–H groups in total. The van der Waals surface area contributed by atoms with Gasteiger partial charge in [0.25, 0.3) is 5.22 Å². The molecule has 0 bridgehead atoms. The smallest absolute Gasteiger partial charge is 0.257 e. The average Bonchev–Trinajstić information content (AvgIpc) is 3.28. The summed E-state index contributed by atoms with van der Waals surface area (Å²) in [5, 5.41) is 1.82. The predicted octanol–water partition coefficient (Wildman–Crippen LogP) is 3.37. The molecule has 9 heteroatoms. The topological polar surface area (TPSA) is 80.5 Å². The molecule has 1 fully saturated rings. The van der Waals surface area contributed by atoms with E-state index in [1.165, 1.54) is 23.1 Å². The van der Waals surface area contributed by atoms with Crippen molar-refractivity contribution in [2.75, 3.05) is 24.6 Å². The first-order chi connectivity index (χ1) is 13.0. The van der Waals surface area contributed by atoms with Gasteiger partial charge in [0.2, 0.25) is 5.91 Å². The van der Waals surface area contributed by atoms with Gasteiger partial charge < -0.3 is 9.32 Å². The maximum atomic E-state index is 12.6. The Hall–Kier alpha value is -1.84. The van der Waals surface area contributed by atoms with Gasteiger partial charge in [-0.2, -0.15) is 0 Å². The highest BCUT2D eigenvalue weighted by Crippen LogP contribution is 2.32. The third-order valence-corrected chi connectivity index (χ3v) is 8.60. The summed E-state index contributed by atoms with van der Waals surface area (Å²) >= 11 is 2.69. The predicted molar refractivity (Wildman–Crippen MR) is 107 cm³/mol. The molecule has 2 aromatic heterocycles. The van der Waals surface area contributed by atoms with E-state index in [9.17, 15) is 13.2 Å². The number of sulfone groups is 1. The largest absolute Gasteiger partial charge is 0.431 e. The van der Waals surface area contributed by atoms with Crippen molar-refractivity contribution in [1.82, 2.24) is 9.88 Å². The minimum atomic E-state index is -3.25. The van der Waals surface area contributed by atoms with E-state index in [2.05, 4.69) is 4.98 Å². The van der Waals surface area contributed by atoms with Crippen LogP contribution in [-0.2, 0) is 14.6 Å². The van der Waals surface area contributed by atoms with E-state index < -0.39 is 15.1 Å². The number of carbonyl (C=O) groups is 1. The maximum Gasteiger partial charge on any atom is 0.257 e. The Morgan fingerprint density at radius 3 is 2.89 bits per heavy atom. The maximum absolute atomic E-state index is 12.6. The first-order valence-corrected chi connectivity index (χ1v) is 12.1. The highest BCUT2D eigenvalue weighted by Gasteiger charge is 2.33. The molecule has 1 aromatic carbocycles. The minimum Gasteiger partial charge on any atom is -0.431 e. The van der Waals surface area contributed by atoms with E-state index in [0.717, 1.165) is 10.4 Å². The fourth-order valence-corrected chi connectivity index (χ4v) is 6.86. The van der Waals surface area contributed by atoms with Gasteiger partial charge in [0.15, 0.2) is 15.4 Å². The molecule has 1 aliphatic heterocycles. The SMILES string of the molecule is O=C(CSc1nc2ccccc2o1)N1CCC(c2cccs2)S(=O)(=O)CC1. The molecule has 1 saturated heterocycles. The Bertz CT molecular complexity index is 1010. The summed E-state index contributed by atoms with van der Waals surface area (Å²) in [6.07, 6.45) is 0.433. The molecule has 27 heavy (non-hydrogen) atoms. The lowest BCUT2D eigenvalue weighted by Gasteiger charge is -2.19. The molecular formula is C18H18N2O4S3. The van der Waals surface area contributed by atoms with E-state index in [1.807, 2.05) is 41.8 Å². The van der Waals surface area contributed by atoms with Gasteiger partial charge in [-0.1, -0.05) is 30.0 Å². The molecule has 0 aliphatic carbocycles. The number of nitrogens with zero attached hydrogens (tertiary/aromatic N) is 2. The summed E-state index contributed by atoms with van der Waals surface area (Å²) in [5.41, 5.74) is 1.44. The summed E-state index contributed by atoms with van der Waals surface area (Å²) in [6.45, 7) is 0.673. The van der Waals surface area contributed by atoms with Crippen molar-refractivity contribution in [3.05, 3.63) is 46.7 Å². The van der Waals surface area contributed by atoms with Crippen LogP contribution in [0.1, 0.15) is 16.5 Å². The van der Waals surface area contributed by atoms with Gasteiger partial charge in [-0.3, -0.25) is 4.79 Å². The number of benzene rings is 1. The van der Waals surface area contributed by atoms with E-state index in [1.54, 1.807) is 4.90 Å².